The first kappa shape index (κ1) is 24.1. The van der Waals surface area contributed by atoms with Gasteiger partial charge < -0.3 is 9.63 Å². The Bertz CT molecular complexity index is 1110. The number of aromatic nitrogens is 1. The highest BCUT2D eigenvalue weighted by molar-refractivity contribution is 7.93. The van der Waals surface area contributed by atoms with E-state index in [4.69, 9.17) is 21.2 Å². The standard InChI is InChI=1S/C10H9ClN2O4S2.C10H14O/c1-5-8(11)10(17-12-5)13-19(15,16)7-3-4-18-9(7)6(2)14;1-2-9-4-3-5-10(8-9)6-7-11/h3-4,13H,1-2H3;3-5,8,11H,2,6-7H2,1H3. The van der Waals surface area contributed by atoms with Crippen LogP contribution in [0.3, 0.4) is 0 Å². The largest absolute Gasteiger partial charge is 0.396 e. The Morgan fingerprint density at radius 3 is 2.57 bits per heavy atom. The molecule has 7 nitrogen and oxygen atoms in total. The third-order valence-corrected chi connectivity index (χ3v) is 7.02. The summed E-state index contributed by atoms with van der Waals surface area (Å²) < 4.78 is 31.2. The Morgan fingerprint density at radius 2 is 2.00 bits per heavy atom. The summed E-state index contributed by atoms with van der Waals surface area (Å²) >= 11 is 6.89. The molecule has 0 bridgehead atoms. The summed E-state index contributed by atoms with van der Waals surface area (Å²) in [6.07, 6.45) is 1.84. The second-order valence-electron chi connectivity index (χ2n) is 6.33. The van der Waals surface area contributed by atoms with E-state index in [0.29, 0.717) is 5.69 Å². The highest BCUT2D eigenvalue weighted by atomic mass is 35.5. The summed E-state index contributed by atoms with van der Waals surface area (Å²) in [5, 5.41) is 13.8. The van der Waals surface area contributed by atoms with Crippen molar-refractivity contribution in [2.45, 2.75) is 38.5 Å². The van der Waals surface area contributed by atoms with Gasteiger partial charge in [-0.1, -0.05) is 47.9 Å². The van der Waals surface area contributed by atoms with Gasteiger partial charge in [0, 0.05) is 6.61 Å². The van der Waals surface area contributed by atoms with Gasteiger partial charge in [0.2, 0.25) is 0 Å². The number of hydrogen-bond donors (Lipinski definition) is 2. The van der Waals surface area contributed by atoms with Crippen LogP contribution in [0, 0.1) is 6.92 Å². The van der Waals surface area contributed by atoms with Crippen molar-refractivity contribution in [3.63, 3.8) is 0 Å². The molecule has 0 saturated carbocycles. The van der Waals surface area contributed by atoms with Gasteiger partial charge in [0.1, 0.15) is 15.6 Å². The van der Waals surface area contributed by atoms with Crippen LogP contribution in [-0.2, 0) is 22.9 Å². The maximum Gasteiger partial charge on any atom is 0.265 e. The topological polar surface area (TPSA) is 110 Å². The van der Waals surface area contributed by atoms with Crippen LogP contribution in [-0.4, -0.2) is 31.1 Å². The molecule has 0 saturated heterocycles. The number of nitrogens with one attached hydrogen (secondary N) is 1. The Hall–Kier alpha value is -2.20. The molecule has 0 aliphatic carbocycles. The van der Waals surface area contributed by atoms with E-state index in [-0.39, 0.29) is 33.1 Å². The second kappa shape index (κ2) is 10.7. The number of rotatable bonds is 7. The number of thiophene rings is 1. The molecule has 0 aliphatic heterocycles. The number of aliphatic hydroxyl groups excluding tert-OH is 1. The third kappa shape index (κ3) is 6.15. The number of carbonyl (C=O) groups excluding carboxylic acids is 1. The minimum absolute atomic E-state index is 0.0863. The smallest absolute Gasteiger partial charge is 0.265 e. The number of aryl methyl sites for hydroxylation is 2. The highest BCUT2D eigenvalue weighted by Crippen LogP contribution is 2.29. The predicted octanol–water partition coefficient (Wildman–Crippen LogP) is 4.49. The molecule has 0 amide bonds. The average molecular weight is 471 g/mol. The minimum atomic E-state index is -3.93. The Labute approximate surface area is 184 Å². The number of nitrogens with zero attached hydrogens (tertiary/aromatic N) is 1. The molecule has 2 heterocycles. The number of halogens is 1. The lowest BCUT2D eigenvalue weighted by Crippen LogP contribution is -2.14. The average Bonchev–Trinajstić information content (AvgIpc) is 3.32. The van der Waals surface area contributed by atoms with E-state index in [9.17, 15) is 13.2 Å². The van der Waals surface area contributed by atoms with Crippen LogP contribution < -0.4 is 4.72 Å². The molecule has 0 fully saturated rings. The lowest BCUT2D eigenvalue weighted by Gasteiger charge is -2.04. The van der Waals surface area contributed by atoms with Crippen LogP contribution in [0.2, 0.25) is 5.02 Å². The van der Waals surface area contributed by atoms with Gasteiger partial charge in [-0.3, -0.25) is 4.79 Å². The Kier molecular flexibility index (Phi) is 8.60. The van der Waals surface area contributed by atoms with Gasteiger partial charge in [0.15, 0.2) is 5.78 Å². The fourth-order valence-electron chi connectivity index (χ4n) is 2.50. The molecule has 0 atom stereocenters. The number of benzene rings is 1. The van der Waals surface area contributed by atoms with E-state index in [1.165, 1.54) is 29.5 Å². The number of Topliss-reactive ketones (excluding diaryl/α,β-unsaturated/α-hetero) is 1. The van der Waals surface area contributed by atoms with Crippen molar-refractivity contribution >= 4 is 44.6 Å². The normalized spacial score (nSPS) is 11.0. The van der Waals surface area contributed by atoms with Crippen LogP contribution in [0.15, 0.2) is 45.1 Å². The number of sulfonamides is 1. The molecule has 0 radical (unpaired) electrons. The summed E-state index contributed by atoms with van der Waals surface area (Å²) in [4.78, 5) is 11.4. The first-order valence-electron chi connectivity index (χ1n) is 9.11. The highest BCUT2D eigenvalue weighted by Gasteiger charge is 2.25. The van der Waals surface area contributed by atoms with Gasteiger partial charge in [-0.15, -0.1) is 11.3 Å². The minimum Gasteiger partial charge on any atom is -0.396 e. The monoisotopic (exact) mass is 470 g/mol. The number of aliphatic hydroxyl groups is 1. The number of anilines is 1. The number of hydrogen-bond acceptors (Lipinski definition) is 7. The molecule has 30 heavy (non-hydrogen) atoms. The fraction of sp³-hybridized carbons (Fsp3) is 0.300. The number of carbonyl (C=O) groups is 1. The van der Waals surface area contributed by atoms with Gasteiger partial charge in [0.05, 0.1) is 4.88 Å². The van der Waals surface area contributed by atoms with Gasteiger partial charge in [-0.2, -0.15) is 0 Å². The maximum atomic E-state index is 12.1. The Balaban J connectivity index is 0.000000248. The van der Waals surface area contributed by atoms with E-state index in [2.05, 4.69) is 35.0 Å². The van der Waals surface area contributed by atoms with Crippen molar-refractivity contribution in [2.24, 2.45) is 0 Å². The molecule has 0 spiro atoms. The zero-order chi connectivity index (χ0) is 22.3. The van der Waals surface area contributed by atoms with Crippen molar-refractivity contribution in [2.75, 3.05) is 11.3 Å². The van der Waals surface area contributed by atoms with Gasteiger partial charge in [-0.05, 0) is 49.3 Å². The molecular weight excluding hydrogens is 448 g/mol. The second-order valence-corrected chi connectivity index (χ2v) is 9.28. The van der Waals surface area contributed by atoms with Crippen LogP contribution in [0.4, 0.5) is 5.88 Å². The molecular formula is C20H23ClN2O5S2. The first-order chi connectivity index (χ1) is 14.2. The summed E-state index contributed by atoms with van der Waals surface area (Å²) in [5.74, 6) is -0.491. The summed E-state index contributed by atoms with van der Waals surface area (Å²) in [7, 11) is -3.93. The fourth-order valence-corrected chi connectivity index (χ4v) is 5.05. The quantitative estimate of drug-likeness (QED) is 0.492. The van der Waals surface area contributed by atoms with E-state index < -0.39 is 10.0 Å². The van der Waals surface area contributed by atoms with Crippen molar-refractivity contribution in [1.82, 2.24) is 5.16 Å². The lowest BCUT2D eigenvalue weighted by molar-refractivity contribution is 0.101. The molecule has 1 aromatic carbocycles. The van der Waals surface area contributed by atoms with Crippen molar-refractivity contribution in [1.29, 1.82) is 0 Å². The first-order valence-corrected chi connectivity index (χ1v) is 11.8. The van der Waals surface area contributed by atoms with Crippen molar-refractivity contribution < 1.29 is 22.8 Å². The van der Waals surface area contributed by atoms with E-state index >= 15 is 0 Å². The van der Waals surface area contributed by atoms with Crippen LogP contribution in [0.1, 0.15) is 40.3 Å². The maximum absolute atomic E-state index is 12.1. The van der Waals surface area contributed by atoms with E-state index in [1.54, 1.807) is 6.92 Å². The molecule has 10 heteroatoms. The third-order valence-electron chi connectivity index (χ3n) is 4.06. The zero-order valence-corrected chi connectivity index (χ0v) is 19.2. The van der Waals surface area contributed by atoms with Crippen molar-refractivity contribution in [3.05, 3.63) is 62.4 Å². The zero-order valence-electron chi connectivity index (χ0n) is 16.8. The molecule has 0 unspecified atom stereocenters. The van der Waals surface area contributed by atoms with Crippen molar-refractivity contribution in [3.8, 4) is 0 Å². The summed E-state index contributed by atoms with van der Waals surface area (Å²) in [6.45, 7) is 5.26. The molecule has 2 aromatic heterocycles. The molecule has 0 aliphatic rings. The molecule has 3 rings (SSSR count). The summed E-state index contributed by atoms with van der Waals surface area (Å²) in [5.41, 5.74) is 2.94. The van der Waals surface area contributed by atoms with Gasteiger partial charge in [0.25, 0.3) is 15.9 Å². The van der Waals surface area contributed by atoms with E-state index in [1.807, 2.05) is 6.07 Å². The molecule has 2 N–H and O–H groups in total. The molecule has 162 valence electrons. The van der Waals surface area contributed by atoms with Crippen LogP contribution in [0.5, 0.6) is 0 Å². The summed E-state index contributed by atoms with van der Waals surface area (Å²) in [6, 6.07) is 9.71. The van der Waals surface area contributed by atoms with Gasteiger partial charge >= 0.3 is 0 Å². The van der Waals surface area contributed by atoms with E-state index in [0.717, 1.165) is 24.2 Å². The SMILES string of the molecule is CC(=O)c1sccc1S(=O)(=O)Nc1onc(C)c1Cl.CCc1cccc(CCO)c1. The predicted molar refractivity (Wildman–Crippen MR) is 118 cm³/mol. The van der Waals surface area contributed by atoms with Gasteiger partial charge in [-0.25, -0.2) is 13.1 Å². The lowest BCUT2D eigenvalue weighted by atomic mass is 10.1. The Morgan fingerprint density at radius 1 is 1.30 bits per heavy atom. The van der Waals surface area contributed by atoms with Crippen LogP contribution in [0.25, 0.3) is 0 Å². The van der Waals surface area contributed by atoms with Crippen LogP contribution >= 0.6 is 22.9 Å². The number of ketones is 1. The molecule has 3 aromatic rings.